The number of aliphatic carboxylic acids is 1. The quantitative estimate of drug-likeness (QED) is 0.597. The first kappa shape index (κ1) is 23.6. The maximum atomic E-state index is 13.1. The summed E-state index contributed by atoms with van der Waals surface area (Å²) >= 11 is 5.38. The molecule has 2 N–H and O–H groups in total. The molecule has 1 aliphatic rings. The number of fused-ring (bicyclic) bond motifs is 1. The molecule has 0 bridgehead atoms. The van der Waals surface area contributed by atoms with Crippen LogP contribution in [-0.2, 0) is 27.2 Å². The number of carbonyl (C=O) groups excluding carboxylic acids is 2. The molecule has 2 aromatic rings. The molecule has 2 aromatic carbocycles. The van der Waals surface area contributed by atoms with Crippen LogP contribution < -0.4 is 5.32 Å². The van der Waals surface area contributed by atoms with Gasteiger partial charge in [-0.25, -0.2) is 4.79 Å². The molecule has 168 valence electrons. The van der Waals surface area contributed by atoms with E-state index < -0.39 is 24.1 Å². The van der Waals surface area contributed by atoms with Gasteiger partial charge in [0.25, 0.3) is 5.91 Å². The number of nitrogens with zero attached hydrogens (tertiary/aromatic N) is 1. The van der Waals surface area contributed by atoms with Crippen molar-refractivity contribution in [3.8, 4) is 0 Å². The number of rotatable bonds is 8. The molecule has 0 aliphatic carbocycles. The average molecular weight is 453 g/mol. The fraction of sp³-hybridized carbons (Fsp3) is 0.360. The number of nitrogens with one attached hydrogen (secondary N) is 1. The molecule has 7 heteroatoms. The van der Waals surface area contributed by atoms with Gasteiger partial charge in [-0.15, -0.1) is 0 Å². The van der Waals surface area contributed by atoms with Gasteiger partial charge in [0, 0.05) is 12.8 Å². The van der Waals surface area contributed by atoms with Crippen molar-refractivity contribution in [2.24, 2.45) is 5.92 Å². The van der Waals surface area contributed by atoms with E-state index >= 15 is 0 Å². The second-order valence-electron chi connectivity index (χ2n) is 8.44. The Morgan fingerprint density at radius 3 is 2.41 bits per heavy atom. The Morgan fingerprint density at radius 2 is 1.75 bits per heavy atom. The van der Waals surface area contributed by atoms with Crippen LogP contribution in [0.3, 0.4) is 0 Å². The van der Waals surface area contributed by atoms with Crippen molar-refractivity contribution >= 4 is 34.9 Å². The molecule has 2 atom stereocenters. The molecule has 0 spiro atoms. The normalized spacial score (nSPS) is 16.8. The van der Waals surface area contributed by atoms with E-state index in [9.17, 15) is 19.5 Å². The van der Waals surface area contributed by atoms with Crippen molar-refractivity contribution in [3.63, 3.8) is 0 Å². The highest BCUT2D eigenvalue weighted by atomic mass is 32.1. The summed E-state index contributed by atoms with van der Waals surface area (Å²) in [5, 5.41) is 12.8. The highest BCUT2D eigenvalue weighted by Crippen LogP contribution is 2.31. The van der Waals surface area contributed by atoms with E-state index in [1.807, 2.05) is 68.4 Å². The maximum Gasteiger partial charge on any atom is 0.326 e. The van der Waals surface area contributed by atoms with Crippen molar-refractivity contribution in [2.45, 2.75) is 51.7 Å². The van der Waals surface area contributed by atoms with E-state index in [0.717, 1.165) is 16.7 Å². The molecule has 0 saturated carbocycles. The van der Waals surface area contributed by atoms with Crippen LogP contribution in [0, 0.1) is 5.92 Å². The highest BCUT2D eigenvalue weighted by Gasteiger charge is 2.39. The number of carboxylic acids is 1. The van der Waals surface area contributed by atoms with Crippen LogP contribution in [0.4, 0.5) is 0 Å². The first-order valence-electron chi connectivity index (χ1n) is 10.8. The van der Waals surface area contributed by atoms with Gasteiger partial charge in [0.1, 0.15) is 12.2 Å². The van der Waals surface area contributed by atoms with Gasteiger partial charge in [0.15, 0.2) is 0 Å². The summed E-state index contributed by atoms with van der Waals surface area (Å²) in [6, 6.07) is 15.8. The standard InChI is InChI=1S/C25H28N2O4S/c1-16(2)14-20(25(30)31)27-22(28)13-12-18-10-6-7-11-19(18)23(27)26-24(29)21(32)15-17-8-4-3-5-9-17/h3-11,16,20,23H,12-15H2,1-2H3,(H,26,29)(H,30,31). The van der Waals surface area contributed by atoms with E-state index in [4.69, 9.17) is 12.2 Å². The van der Waals surface area contributed by atoms with Gasteiger partial charge in [-0.05, 0) is 35.4 Å². The fourth-order valence-electron chi connectivity index (χ4n) is 4.04. The van der Waals surface area contributed by atoms with Crippen molar-refractivity contribution in [1.82, 2.24) is 10.2 Å². The number of benzene rings is 2. The van der Waals surface area contributed by atoms with Crippen molar-refractivity contribution in [1.29, 1.82) is 0 Å². The molecule has 0 radical (unpaired) electrons. The minimum Gasteiger partial charge on any atom is -0.480 e. The number of carboxylic acid groups (broad SMARTS) is 1. The Bertz CT molecular complexity index is 1010. The topological polar surface area (TPSA) is 86.7 Å². The lowest BCUT2D eigenvalue weighted by atomic mass is 9.99. The van der Waals surface area contributed by atoms with E-state index in [2.05, 4.69) is 5.32 Å². The lowest BCUT2D eigenvalue weighted by Gasteiger charge is -2.36. The predicted molar refractivity (Wildman–Crippen MR) is 126 cm³/mol. The summed E-state index contributed by atoms with van der Waals surface area (Å²) < 4.78 is 0. The molecule has 6 nitrogen and oxygen atoms in total. The zero-order valence-electron chi connectivity index (χ0n) is 18.3. The average Bonchev–Trinajstić information content (AvgIpc) is 2.89. The summed E-state index contributed by atoms with van der Waals surface area (Å²) in [6.45, 7) is 3.82. The molecular weight excluding hydrogens is 424 g/mol. The van der Waals surface area contributed by atoms with Gasteiger partial charge in [-0.2, -0.15) is 0 Å². The highest BCUT2D eigenvalue weighted by molar-refractivity contribution is 7.82. The summed E-state index contributed by atoms with van der Waals surface area (Å²) in [4.78, 5) is 39.9. The number of amides is 2. The van der Waals surface area contributed by atoms with E-state index in [-0.39, 0.29) is 29.5 Å². The minimum atomic E-state index is -1.09. The zero-order chi connectivity index (χ0) is 23.3. The van der Waals surface area contributed by atoms with Gasteiger partial charge in [0.2, 0.25) is 5.91 Å². The van der Waals surface area contributed by atoms with Crippen LogP contribution in [-0.4, -0.2) is 38.7 Å². The maximum absolute atomic E-state index is 13.1. The molecule has 3 rings (SSSR count). The van der Waals surface area contributed by atoms with E-state index in [0.29, 0.717) is 12.8 Å². The van der Waals surface area contributed by atoms with Crippen LogP contribution >= 0.6 is 12.2 Å². The molecule has 1 heterocycles. The van der Waals surface area contributed by atoms with Crippen LogP contribution in [0.15, 0.2) is 54.6 Å². The molecule has 1 aliphatic heterocycles. The van der Waals surface area contributed by atoms with E-state index in [1.165, 1.54) is 4.90 Å². The summed E-state index contributed by atoms with van der Waals surface area (Å²) in [5.41, 5.74) is 2.55. The number of hydrogen-bond acceptors (Lipinski definition) is 4. The minimum absolute atomic E-state index is 0.0536. The van der Waals surface area contributed by atoms with Gasteiger partial charge < -0.3 is 15.3 Å². The third-order valence-electron chi connectivity index (χ3n) is 5.57. The largest absolute Gasteiger partial charge is 0.480 e. The number of hydrogen-bond donors (Lipinski definition) is 2. The fourth-order valence-corrected chi connectivity index (χ4v) is 4.27. The molecule has 32 heavy (non-hydrogen) atoms. The van der Waals surface area contributed by atoms with Crippen molar-refractivity contribution in [3.05, 3.63) is 71.3 Å². The van der Waals surface area contributed by atoms with Crippen LogP contribution in [0.25, 0.3) is 0 Å². The molecule has 0 saturated heterocycles. The van der Waals surface area contributed by atoms with Crippen LogP contribution in [0.2, 0.25) is 0 Å². The molecule has 2 unspecified atom stereocenters. The van der Waals surface area contributed by atoms with Crippen molar-refractivity contribution < 1.29 is 19.5 Å². The van der Waals surface area contributed by atoms with Gasteiger partial charge in [-0.1, -0.05) is 80.7 Å². The van der Waals surface area contributed by atoms with Gasteiger partial charge in [0.05, 0.1) is 4.86 Å². The zero-order valence-corrected chi connectivity index (χ0v) is 19.1. The SMILES string of the molecule is CC(C)CC(C(=O)O)N1C(=O)CCc2ccccc2C1NC(=O)C(=S)Cc1ccccc1. The Balaban J connectivity index is 1.95. The third kappa shape index (κ3) is 5.59. The summed E-state index contributed by atoms with van der Waals surface area (Å²) in [6.07, 6.45) is 0.338. The lowest BCUT2D eigenvalue weighted by Crippen LogP contribution is -2.53. The Kier molecular flexibility index (Phi) is 7.75. The first-order chi connectivity index (χ1) is 15.3. The monoisotopic (exact) mass is 452 g/mol. The van der Waals surface area contributed by atoms with Crippen molar-refractivity contribution in [2.75, 3.05) is 0 Å². The smallest absolute Gasteiger partial charge is 0.326 e. The van der Waals surface area contributed by atoms with Gasteiger partial charge in [-0.3, -0.25) is 9.59 Å². The Labute approximate surface area is 193 Å². The predicted octanol–water partition coefficient (Wildman–Crippen LogP) is 3.69. The molecule has 0 aromatic heterocycles. The number of carbonyl (C=O) groups is 3. The molecule has 0 fully saturated rings. The molecular formula is C25H28N2O4S. The summed E-state index contributed by atoms with van der Waals surface area (Å²) in [7, 11) is 0. The second kappa shape index (κ2) is 10.5. The first-order valence-corrected chi connectivity index (χ1v) is 11.2. The lowest BCUT2D eigenvalue weighted by molar-refractivity contribution is -0.154. The van der Waals surface area contributed by atoms with E-state index in [1.54, 1.807) is 0 Å². The number of thiocarbonyl (C=S) groups is 1. The second-order valence-corrected chi connectivity index (χ2v) is 8.94. The Morgan fingerprint density at radius 1 is 1.09 bits per heavy atom. The Hall–Kier alpha value is -3.06. The summed E-state index contributed by atoms with van der Waals surface area (Å²) in [5.74, 6) is -1.80. The van der Waals surface area contributed by atoms with Crippen LogP contribution in [0.1, 0.15) is 49.5 Å². The molecule has 2 amide bonds. The van der Waals surface area contributed by atoms with Gasteiger partial charge >= 0.3 is 5.97 Å². The number of aryl methyl sites for hydroxylation is 1. The third-order valence-corrected chi connectivity index (χ3v) is 5.90. The van der Waals surface area contributed by atoms with Crippen LogP contribution in [0.5, 0.6) is 0 Å².